The highest BCUT2D eigenvalue weighted by atomic mass is 32.1. The van der Waals surface area contributed by atoms with Crippen LogP contribution in [-0.4, -0.2) is 43.5 Å². The lowest BCUT2D eigenvalue weighted by Crippen LogP contribution is -2.21. The van der Waals surface area contributed by atoms with Crippen LogP contribution in [0.5, 0.6) is 5.75 Å². The lowest BCUT2D eigenvalue weighted by atomic mass is 10.1. The number of hydrogen-bond acceptors (Lipinski definition) is 10. The molecule has 0 atom stereocenters. The zero-order chi connectivity index (χ0) is 24.2. The second kappa shape index (κ2) is 9.83. The molecule has 3 N–H and O–H groups in total. The average molecular weight is 481 g/mol. The maximum atomic E-state index is 13.1. The molecule has 34 heavy (non-hydrogen) atoms. The van der Waals surface area contributed by atoms with Crippen molar-refractivity contribution in [3.8, 4) is 22.8 Å². The van der Waals surface area contributed by atoms with Crippen LogP contribution >= 0.6 is 11.3 Å². The third-order valence-corrected chi connectivity index (χ3v) is 5.90. The molecule has 12 heteroatoms. The van der Waals surface area contributed by atoms with Crippen LogP contribution in [-0.2, 0) is 0 Å². The van der Waals surface area contributed by atoms with Crippen LogP contribution in [0.2, 0.25) is 0 Å². The molecule has 176 valence electrons. The largest absolute Gasteiger partial charge is 0.494 e. The normalized spacial score (nSPS) is 11.6. The van der Waals surface area contributed by atoms with E-state index >= 15 is 0 Å². The molecular weight excluding hydrogens is 456 g/mol. The fraction of sp³-hybridized carbons (Fsp3) is 0.273. The van der Waals surface area contributed by atoms with E-state index in [1.54, 1.807) is 35.6 Å². The lowest BCUT2D eigenvalue weighted by molar-refractivity contribution is 0.0950. The molecule has 1 amide bonds. The number of hydrogen-bond donors (Lipinski definition) is 2. The summed E-state index contributed by atoms with van der Waals surface area (Å²) < 4.78 is 11.7. The first kappa shape index (κ1) is 23.1. The van der Waals surface area contributed by atoms with E-state index in [1.165, 1.54) is 9.56 Å². The number of nitrogens with zero attached hydrogens (tertiary/aromatic N) is 6. The molecule has 0 aliphatic carbocycles. The number of amides is 1. The third kappa shape index (κ3) is 4.66. The van der Waals surface area contributed by atoms with Gasteiger partial charge >= 0.3 is 0 Å². The van der Waals surface area contributed by atoms with Crippen molar-refractivity contribution >= 4 is 28.8 Å². The number of hydrazone groups is 1. The van der Waals surface area contributed by atoms with Gasteiger partial charge in [0.15, 0.2) is 5.69 Å². The van der Waals surface area contributed by atoms with Gasteiger partial charge in [-0.1, -0.05) is 12.1 Å². The molecule has 11 nitrogen and oxygen atoms in total. The van der Waals surface area contributed by atoms with E-state index in [-0.39, 0.29) is 17.3 Å². The summed E-state index contributed by atoms with van der Waals surface area (Å²) in [7, 11) is 0. The van der Waals surface area contributed by atoms with Crippen LogP contribution in [0.3, 0.4) is 0 Å². The Labute approximate surface area is 199 Å². The van der Waals surface area contributed by atoms with Crippen molar-refractivity contribution in [2.75, 3.05) is 12.3 Å². The van der Waals surface area contributed by atoms with Gasteiger partial charge in [-0.05, 0) is 67.8 Å². The molecule has 0 saturated heterocycles. The number of benzene rings is 1. The topological polar surface area (TPSA) is 146 Å². The van der Waals surface area contributed by atoms with Crippen molar-refractivity contribution in [1.82, 2.24) is 30.7 Å². The van der Waals surface area contributed by atoms with Gasteiger partial charge in [-0.25, -0.2) is 10.1 Å². The quantitative estimate of drug-likeness (QED) is 0.288. The molecule has 0 spiro atoms. The van der Waals surface area contributed by atoms with Gasteiger partial charge in [-0.3, -0.25) is 4.79 Å². The second-order valence-corrected chi connectivity index (χ2v) is 8.97. The minimum atomic E-state index is -0.536. The number of carbonyl (C=O) groups is 1. The van der Waals surface area contributed by atoms with Crippen molar-refractivity contribution in [2.24, 2.45) is 5.10 Å². The standard InChI is InChI=1S/C22H24N8O3S/c1-5-10-32-16-8-6-15(7-9-16)19-18(25-29-30(19)21-20(23)27-33-28-21)22(31)26-24-13(3)17-11-12(2)34-14(17)4/h6-9,11H,5,10H2,1-4H3,(H2,23,27)(H,26,31)/b24-13-. The molecule has 0 saturated carbocycles. The van der Waals surface area contributed by atoms with Gasteiger partial charge in [0.25, 0.3) is 5.91 Å². The van der Waals surface area contributed by atoms with Crippen molar-refractivity contribution in [2.45, 2.75) is 34.1 Å². The molecule has 1 aromatic carbocycles. The van der Waals surface area contributed by atoms with Crippen LogP contribution in [0.15, 0.2) is 40.1 Å². The van der Waals surface area contributed by atoms with Crippen LogP contribution in [0.25, 0.3) is 17.1 Å². The van der Waals surface area contributed by atoms with Crippen LogP contribution < -0.4 is 15.9 Å². The Balaban J connectivity index is 1.69. The Morgan fingerprint density at radius 3 is 2.65 bits per heavy atom. The number of ether oxygens (including phenoxy) is 1. The van der Waals surface area contributed by atoms with E-state index in [4.69, 9.17) is 15.1 Å². The third-order valence-electron chi connectivity index (χ3n) is 4.94. The molecular formula is C22H24N8O3S. The Hall–Kier alpha value is -4.06. The summed E-state index contributed by atoms with van der Waals surface area (Å²) in [5.74, 6) is 0.307. The highest BCUT2D eigenvalue weighted by Crippen LogP contribution is 2.28. The minimum Gasteiger partial charge on any atom is -0.494 e. The number of thiophene rings is 1. The first-order valence-electron chi connectivity index (χ1n) is 10.6. The summed E-state index contributed by atoms with van der Waals surface area (Å²) in [6.45, 7) is 8.52. The number of anilines is 1. The molecule has 3 aromatic heterocycles. The van der Waals surface area contributed by atoms with Gasteiger partial charge in [0.05, 0.1) is 12.3 Å². The first-order valence-corrected chi connectivity index (χ1v) is 11.4. The van der Waals surface area contributed by atoms with E-state index in [2.05, 4.69) is 31.2 Å². The fourth-order valence-corrected chi connectivity index (χ4v) is 4.32. The van der Waals surface area contributed by atoms with E-state index in [0.717, 1.165) is 16.9 Å². The van der Waals surface area contributed by atoms with E-state index in [1.807, 2.05) is 33.8 Å². The van der Waals surface area contributed by atoms with Gasteiger partial charge in [0, 0.05) is 20.9 Å². The van der Waals surface area contributed by atoms with E-state index in [0.29, 0.717) is 29.3 Å². The zero-order valence-corrected chi connectivity index (χ0v) is 20.0. The number of aromatic nitrogens is 5. The first-order chi connectivity index (χ1) is 16.4. The van der Waals surface area contributed by atoms with Crippen molar-refractivity contribution in [3.63, 3.8) is 0 Å². The summed E-state index contributed by atoms with van der Waals surface area (Å²) in [4.78, 5) is 15.4. The van der Waals surface area contributed by atoms with Crippen molar-refractivity contribution in [3.05, 3.63) is 51.3 Å². The molecule has 3 heterocycles. The summed E-state index contributed by atoms with van der Waals surface area (Å²) in [6.07, 6.45) is 0.894. The van der Waals surface area contributed by atoms with Crippen molar-refractivity contribution in [1.29, 1.82) is 0 Å². The van der Waals surface area contributed by atoms with Gasteiger partial charge in [0.1, 0.15) is 11.4 Å². The Morgan fingerprint density at radius 2 is 2.03 bits per heavy atom. The minimum absolute atomic E-state index is 0.0122. The number of rotatable bonds is 8. The summed E-state index contributed by atoms with van der Waals surface area (Å²) in [5.41, 5.74) is 11.2. The Morgan fingerprint density at radius 1 is 1.26 bits per heavy atom. The number of carbonyl (C=O) groups excluding carboxylic acids is 1. The maximum absolute atomic E-state index is 13.1. The zero-order valence-electron chi connectivity index (χ0n) is 19.2. The molecule has 0 bridgehead atoms. The molecule has 4 rings (SSSR count). The number of nitrogen functional groups attached to an aromatic ring is 1. The molecule has 0 aliphatic rings. The smallest absolute Gasteiger partial charge is 0.294 e. The molecule has 4 aromatic rings. The number of nitrogens with one attached hydrogen (secondary N) is 1. The highest BCUT2D eigenvalue weighted by molar-refractivity contribution is 7.12. The van der Waals surface area contributed by atoms with Crippen LogP contribution in [0, 0.1) is 13.8 Å². The lowest BCUT2D eigenvalue weighted by Gasteiger charge is -2.08. The van der Waals surface area contributed by atoms with Gasteiger partial charge in [-0.15, -0.1) is 16.4 Å². The summed E-state index contributed by atoms with van der Waals surface area (Å²) in [6, 6.07) is 9.24. The Kier molecular flexibility index (Phi) is 6.68. The van der Waals surface area contributed by atoms with Crippen molar-refractivity contribution < 1.29 is 14.2 Å². The molecule has 0 radical (unpaired) electrons. The van der Waals surface area contributed by atoms with Gasteiger partial charge in [0.2, 0.25) is 11.6 Å². The van der Waals surface area contributed by atoms with Gasteiger partial charge in [-0.2, -0.15) is 9.78 Å². The van der Waals surface area contributed by atoms with Gasteiger partial charge < -0.3 is 10.5 Å². The average Bonchev–Trinajstić information content (AvgIpc) is 3.53. The predicted molar refractivity (Wildman–Crippen MR) is 128 cm³/mol. The van der Waals surface area contributed by atoms with E-state index < -0.39 is 5.91 Å². The molecule has 0 aliphatic heterocycles. The predicted octanol–water partition coefficient (Wildman–Crippen LogP) is 3.52. The summed E-state index contributed by atoms with van der Waals surface area (Å²) >= 11 is 1.67. The monoisotopic (exact) mass is 480 g/mol. The van der Waals surface area contributed by atoms with Crippen LogP contribution in [0.1, 0.15) is 46.1 Å². The Bertz CT molecular complexity index is 1340. The molecule has 0 unspecified atom stereocenters. The van der Waals surface area contributed by atoms with E-state index in [9.17, 15) is 4.79 Å². The molecule has 0 fully saturated rings. The maximum Gasteiger partial charge on any atom is 0.294 e. The second-order valence-electron chi connectivity index (χ2n) is 7.51. The highest BCUT2D eigenvalue weighted by Gasteiger charge is 2.25. The number of nitrogens with two attached hydrogens (primary N) is 1. The SMILES string of the molecule is CCCOc1ccc(-c2c(C(=O)N/N=C(/C)c3cc(C)sc3C)nnn2-c2nonc2N)cc1. The number of aryl methyl sites for hydroxylation is 2. The fourth-order valence-electron chi connectivity index (χ4n) is 3.35. The summed E-state index contributed by atoms with van der Waals surface area (Å²) in [5, 5.41) is 19.8. The van der Waals surface area contributed by atoms with Crippen LogP contribution in [0.4, 0.5) is 5.82 Å².